The normalized spacial score (nSPS) is 3.00. The van der Waals surface area contributed by atoms with Crippen molar-refractivity contribution in [2.24, 2.45) is 0 Å². The molecule has 0 unspecified atom stereocenters. The fraction of sp³-hybridized carbons (Fsp3) is 0.500. The minimum atomic E-state index is -1.03. The molecule has 0 atom stereocenters. The molecule has 0 aromatic rings. The zero-order valence-electron chi connectivity index (χ0n) is 3.07. The first-order valence-corrected chi connectivity index (χ1v) is 3.38. The van der Waals surface area contributed by atoms with Gasteiger partial charge in [0.15, 0.2) is 0 Å². The summed E-state index contributed by atoms with van der Waals surface area (Å²) >= 11 is -1.03. The van der Waals surface area contributed by atoms with Gasteiger partial charge in [-0.3, -0.25) is 0 Å². The van der Waals surface area contributed by atoms with Gasteiger partial charge in [0.1, 0.15) is 0 Å². The van der Waals surface area contributed by atoms with Crippen LogP contribution in [0, 0.1) is 6.92 Å². The van der Waals surface area contributed by atoms with Crippen molar-refractivity contribution in [2.45, 2.75) is 6.92 Å². The molecule has 0 rings (SSSR count). The van der Waals surface area contributed by atoms with Crippen LogP contribution in [0.2, 0.25) is 0 Å². The van der Waals surface area contributed by atoms with Crippen molar-refractivity contribution in [3.63, 3.8) is 0 Å². The van der Waals surface area contributed by atoms with Gasteiger partial charge in [-0.2, -0.15) is 0 Å². The Hall–Kier alpha value is 0.622. The van der Waals surface area contributed by atoms with E-state index in [-0.39, 0.29) is 0 Å². The first kappa shape index (κ1) is 9.16. The Kier molecular flexibility index (Phi) is 42.2. The molecule has 0 N–H and O–H groups in total. The molecule has 5 heavy (non-hydrogen) atoms. The van der Waals surface area contributed by atoms with E-state index in [1.165, 1.54) is 0 Å². The van der Waals surface area contributed by atoms with Gasteiger partial charge in [0, 0.05) is 0 Å². The van der Waals surface area contributed by atoms with Gasteiger partial charge in [-0.15, -0.1) is 0 Å². The van der Waals surface area contributed by atoms with E-state index in [1.54, 1.807) is 6.92 Å². The van der Waals surface area contributed by atoms with E-state index in [1.807, 2.05) is 0 Å². The minimum absolute atomic E-state index is 1.03. The molecule has 3 heteroatoms. The van der Waals surface area contributed by atoms with Gasteiger partial charge in [0.25, 0.3) is 0 Å². The summed E-state index contributed by atoms with van der Waals surface area (Å²) in [5, 5.41) is 0. The number of rotatable bonds is 0. The average Bonchev–Trinajstić information content (AvgIpc) is 1.46. The molecule has 0 aliphatic carbocycles. The maximum absolute atomic E-state index is 8.78. The topological polar surface area (TPSA) is 17.1 Å². The Morgan fingerprint density at radius 1 is 1.80 bits per heavy atom. The molecular formula is C2H5AlClO. The summed E-state index contributed by atoms with van der Waals surface area (Å²) in [6.07, 6.45) is 0. The fourth-order valence-electron chi connectivity index (χ4n) is 0. The molecule has 0 aromatic carbocycles. The standard InChI is InChI=1S/C2H5.Al.ClH.O/c1-2;;;/h1H2,2H3;;1H;/q;+1;;/p-1. The van der Waals surface area contributed by atoms with Crippen molar-refractivity contribution in [2.75, 3.05) is 0 Å². The molecule has 0 spiro atoms. The second kappa shape index (κ2) is 23.0. The number of hydrogen-bond donors (Lipinski definition) is 0. The molecule has 0 heterocycles. The summed E-state index contributed by atoms with van der Waals surface area (Å²) < 4.78 is 8.78. The van der Waals surface area contributed by atoms with E-state index in [4.69, 9.17) is 3.80 Å². The second-order valence-corrected chi connectivity index (χ2v) is 0.802. The molecule has 0 aliphatic rings. The van der Waals surface area contributed by atoms with E-state index in [0.29, 0.717) is 0 Å². The molecule has 1 nitrogen and oxygen atoms in total. The van der Waals surface area contributed by atoms with Crippen molar-refractivity contribution in [3.05, 3.63) is 6.92 Å². The summed E-state index contributed by atoms with van der Waals surface area (Å²) in [5.41, 5.74) is 0. The van der Waals surface area contributed by atoms with Crippen molar-refractivity contribution >= 4 is 24.3 Å². The summed E-state index contributed by atoms with van der Waals surface area (Å²) in [4.78, 5) is 0. The zero-order valence-corrected chi connectivity index (χ0v) is 4.98. The molecular weight excluding hydrogens is 102 g/mol. The third-order valence-electron chi connectivity index (χ3n) is 0. The first-order chi connectivity index (χ1) is 2.41. The van der Waals surface area contributed by atoms with E-state index in [0.717, 1.165) is 0 Å². The van der Waals surface area contributed by atoms with Crippen LogP contribution in [0.1, 0.15) is 6.92 Å². The molecule has 1 radical (unpaired) electrons. The van der Waals surface area contributed by atoms with E-state index in [2.05, 4.69) is 17.0 Å². The van der Waals surface area contributed by atoms with Gasteiger partial charge in [0.2, 0.25) is 0 Å². The van der Waals surface area contributed by atoms with Gasteiger partial charge in [-0.25, -0.2) is 0 Å². The van der Waals surface area contributed by atoms with Crippen LogP contribution < -0.4 is 0 Å². The Balaban J connectivity index is 0. The predicted molar refractivity (Wildman–Crippen MR) is 23.3 cm³/mol. The maximum atomic E-state index is 8.78. The van der Waals surface area contributed by atoms with Crippen molar-refractivity contribution < 1.29 is 3.80 Å². The van der Waals surface area contributed by atoms with Crippen LogP contribution >= 0.6 is 10.0 Å². The van der Waals surface area contributed by atoms with E-state index >= 15 is 0 Å². The summed E-state index contributed by atoms with van der Waals surface area (Å²) in [6.45, 7) is 5.00. The third kappa shape index (κ3) is 82.0. The summed E-state index contributed by atoms with van der Waals surface area (Å²) in [7, 11) is 4.53. The van der Waals surface area contributed by atoms with Crippen LogP contribution in [0.4, 0.5) is 0 Å². The molecule has 0 bridgehead atoms. The third-order valence-corrected chi connectivity index (χ3v) is 0. The summed E-state index contributed by atoms with van der Waals surface area (Å²) in [6, 6.07) is 0. The molecule has 0 aromatic heterocycles. The van der Waals surface area contributed by atoms with Crippen molar-refractivity contribution in [3.8, 4) is 0 Å². The van der Waals surface area contributed by atoms with Crippen LogP contribution in [0.3, 0.4) is 0 Å². The van der Waals surface area contributed by atoms with Crippen LogP contribution in [0.15, 0.2) is 0 Å². The Morgan fingerprint density at radius 2 is 1.80 bits per heavy atom. The van der Waals surface area contributed by atoms with Crippen molar-refractivity contribution in [1.29, 1.82) is 0 Å². The molecule has 0 saturated heterocycles. The quantitative estimate of drug-likeness (QED) is 0.423. The Bertz CT molecular complexity index is 17.1. The van der Waals surface area contributed by atoms with E-state index < -0.39 is 14.2 Å². The van der Waals surface area contributed by atoms with Crippen LogP contribution in [0.25, 0.3) is 0 Å². The second-order valence-electron chi connectivity index (χ2n) is 0.0891. The molecule has 0 amide bonds. The predicted octanol–water partition coefficient (Wildman–Crippen LogP) is 1.03. The van der Waals surface area contributed by atoms with Gasteiger partial charge < -0.3 is 0 Å². The van der Waals surface area contributed by atoms with Crippen molar-refractivity contribution in [1.82, 2.24) is 0 Å². The zero-order chi connectivity index (χ0) is 4.71. The van der Waals surface area contributed by atoms with Crippen LogP contribution in [-0.4, -0.2) is 14.2 Å². The fourth-order valence-corrected chi connectivity index (χ4v) is 0. The first-order valence-electron chi connectivity index (χ1n) is 1.16. The molecule has 0 saturated carbocycles. The Morgan fingerprint density at radius 3 is 1.80 bits per heavy atom. The molecule has 29 valence electrons. The Labute approximate surface area is 42.5 Å². The van der Waals surface area contributed by atoms with E-state index in [9.17, 15) is 0 Å². The van der Waals surface area contributed by atoms with Gasteiger partial charge >= 0.3 is 28.1 Å². The molecule has 0 aliphatic heterocycles. The van der Waals surface area contributed by atoms with Gasteiger partial charge in [-0.1, -0.05) is 13.8 Å². The SMILES string of the molecule is [CH2]C.[O]=[Al][Cl]. The summed E-state index contributed by atoms with van der Waals surface area (Å²) in [5.74, 6) is 0. The van der Waals surface area contributed by atoms with Crippen LogP contribution in [0.5, 0.6) is 0 Å². The average molecular weight is 107 g/mol. The monoisotopic (exact) mass is 107 g/mol. The molecule has 0 fully saturated rings. The van der Waals surface area contributed by atoms with Crippen LogP contribution in [-0.2, 0) is 3.80 Å². The van der Waals surface area contributed by atoms with Gasteiger partial charge in [-0.05, 0) is 0 Å². The number of hydrogen-bond acceptors (Lipinski definition) is 1. The van der Waals surface area contributed by atoms with Gasteiger partial charge in [0.05, 0.1) is 0 Å². The number of halogens is 1.